The van der Waals surface area contributed by atoms with Gasteiger partial charge in [-0.1, -0.05) is 24.6 Å². The van der Waals surface area contributed by atoms with Crippen molar-refractivity contribution in [3.8, 4) is 0 Å². The molecule has 1 atom stereocenters. The lowest BCUT2D eigenvalue weighted by Gasteiger charge is -2.37. The average Bonchev–Trinajstić information content (AvgIpc) is 2.90. The highest BCUT2D eigenvalue weighted by Crippen LogP contribution is 2.30. The summed E-state index contributed by atoms with van der Waals surface area (Å²) in [6.07, 6.45) is 0.921. The molecule has 2 heterocycles. The largest absolute Gasteiger partial charge is 0.345 e. The molecular formula is C18H23N3O. The van der Waals surface area contributed by atoms with Crippen LogP contribution in [-0.4, -0.2) is 22.0 Å². The molecule has 3 rings (SSSR count). The lowest BCUT2D eigenvalue weighted by molar-refractivity contribution is 0.165. The predicted octanol–water partition coefficient (Wildman–Crippen LogP) is 4.10. The fourth-order valence-corrected chi connectivity index (χ4v) is 3.21. The maximum atomic E-state index is 12.6. The molecule has 0 aliphatic carbocycles. The number of nitrogens with one attached hydrogen (secondary N) is 1. The van der Waals surface area contributed by atoms with Crippen LogP contribution < -0.4 is 5.32 Å². The van der Waals surface area contributed by atoms with E-state index < -0.39 is 0 Å². The van der Waals surface area contributed by atoms with E-state index in [-0.39, 0.29) is 12.1 Å². The maximum absolute atomic E-state index is 12.6. The van der Waals surface area contributed by atoms with Crippen LogP contribution in [0, 0.1) is 13.8 Å². The molecule has 1 aromatic heterocycles. The van der Waals surface area contributed by atoms with Gasteiger partial charge in [-0.3, -0.25) is 0 Å². The number of fused-ring (bicyclic) bond motifs is 1. The van der Waals surface area contributed by atoms with Crippen molar-refractivity contribution in [2.24, 2.45) is 0 Å². The summed E-state index contributed by atoms with van der Waals surface area (Å²) in [5.74, 6) is 0. The Morgan fingerprint density at radius 1 is 1.14 bits per heavy atom. The molecule has 2 amide bonds. The molecule has 0 saturated carbocycles. The fraction of sp³-hybridized carbons (Fsp3) is 0.389. The van der Waals surface area contributed by atoms with Crippen molar-refractivity contribution in [2.75, 3.05) is 11.9 Å². The van der Waals surface area contributed by atoms with E-state index in [1.54, 1.807) is 0 Å². The third-order valence-corrected chi connectivity index (χ3v) is 4.47. The highest BCUT2D eigenvalue weighted by Gasteiger charge is 2.30. The topological polar surface area (TPSA) is 37.3 Å². The van der Waals surface area contributed by atoms with Gasteiger partial charge in [-0.25, -0.2) is 4.79 Å². The van der Waals surface area contributed by atoms with Crippen LogP contribution in [0.5, 0.6) is 0 Å². The Balaban J connectivity index is 1.79. The second-order valence-corrected chi connectivity index (χ2v) is 5.96. The summed E-state index contributed by atoms with van der Waals surface area (Å²) < 4.78 is 2.32. The average molecular weight is 297 g/mol. The van der Waals surface area contributed by atoms with Gasteiger partial charge < -0.3 is 14.8 Å². The Morgan fingerprint density at radius 2 is 1.86 bits per heavy atom. The molecule has 116 valence electrons. The molecule has 1 aromatic carbocycles. The first-order valence-electron chi connectivity index (χ1n) is 7.90. The fourth-order valence-electron chi connectivity index (χ4n) is 3.21. The number of hydrogen-bond donors (Lipinski definition) is 1. The Kier molecular flexibility index (Phi) is 3.92. The summed E-state index contributed by atoms with van der Waals surface area (Å²) in [7, 11) is 0. The minimum atomic E-state index is -0.0131. The number of benzene rings is 1. The van der Waals surface area contributed by atoms with Gasteiger partial charge in [0.15, 0.2) is 0 Å². The van der Waals surface area contributed by atoms with Gasteiger partial charge in [0.25, 0.3) is 0 Å². The van der Waals surface area contributed by atoms with Crippen LogP contribution in [0.2, 0.25) is 0 Å². The van der Waals surface area contributed by atoms with Gasteiger partial charge >= 0.3 is 6.03 Å². The van der Waals surface area contributed by atoms with Crippen LogP contribution in [0.25, 0.3) is 0 Å². The number of hydrogen-bond acceptors (Lipinski definition) is 1. The van der Waals surface area contributed by atoms with Gasteiger partial charge in [-0.15, -0.1) is 0 Å². The van der Waals surface area contributed by atoms with E-state index >= 15 is 0 Å². The SMILES string of the molecule is CC[C@@H]1c2ccc(C)n2CCN1C(=O)Nc1ccc(C)cc1. The molecule has 0 saturated heterocycles. The molecule has 0 spiro atoms. The van der Waals surface area contributed by atoms with Crippen molar-refractivity contribution in [1.29, 1.82) is 0 Å². The zero-order valence-corrected chi connectivity index (χ0v) is 13.5. The summed E-state index contributed by atoms with van der Waals surface area (Å²) in [5.41, 5.74) is 4.55. The second-order valence-electron chi connectivity index (χ2n) is 5.96. The Labute approximate surface area is 131 Å². The highest BCUT2D eigenvalue weighted by atomic mass is 16.2. The molecule has 0 bridgehead atoms. The zero-order valence-electron chi connectivity index (χ0n) is 13.5. The monoisotopic (exact) mass is 297 g/mol. The Bertz CT molecular complexity index is 672. The number of aryl methyl sites for hydroxylation is 2. The van der Waals surface area contributed by atoms with Gasteiger partial charge in [0.1, 0.15) is 0 Å². The first kappa shape index (κ1) is 14.7. The molecule has 22 heavy (non-hydrogen) atoms. The summed E-state index contributed by atoms with van der Waals surface area (Å²) in [6, 6.07) is 12.3. The number of aromatic nitrogens is 1. The minimum absolute atomic E-state index is 0.0131. The van der Waals surface area contributed by atoms with Gasteiger partial charge in [0, 0.05) is 30.2 Å². The number of carbonyl (C=O) groups excluding carboxylic acids is 1. The van der Waals surface area contributed by atoms with E-state index in [1.807, 2.05) is 36.1 Å². The van der Waals surface area contributed by atoms with Crippen molar-refractivity contribution >= 4 is 11.7 Å². The van der Waals surface area contributed by atoms with Crippen LogP contribution >= 0.6 is 0 Å². The van der Waals surface area contributed by atoms with E-state index in [1.165, 1.54) is 17.0 Å². The number of urea groups is 1. The van der Waals surface area contributed by atoms with E-state index in [2.05, 4.69) is 35.9 Å². The molecule has 4 nitrogen and oxygen atoms in total. The molecule has 2 aromatic rings. The molecule has 4 heteroatoms. The first-order chi connectivity index (χ1) is 10.6. The van der Waals surface area contributed by atoms with Gasteiger partial charge in [-0.2, -0.15) is 0 Å². The quantitative estimate of drug-likeness (QED) is 0.890. The normalized spacial score (nSPS) is 17.2. The highest BCUT2D eigenvalue weighted by molar-refractivity contribution is 5.89. The van der Waals surface area contributed by atoms with Gasteiger partial charge in [0.2, 0.25) is 0 Å². The molecule has 0 radical (unpaired) electrons. The molecule has 0 fully saturated rings. The predicted molar refractivity (Wildman–Crippen MR) is 89.1 cm³/mol. The third-order valence-electron chi connectivity index (χ3n) is 4.47. The number of amides is 2. The lowest BCUT2D eigenvalue weighted by Crippen LogP contribution is -2.44. The van der Waals surface area contributed by atoms with Crippen molar-refractivity contribution in [3.05, 3.63) is 53.3 Å². The summed E-state index contributed by atoms with van der Waals surface area (Å²) >= 11 is 0. The molecule has 1 aliphatic heterocycles. The Morgan fingerprint density at radius 3 is 2.55 bits per heavy atom. The third kappa shape index (κ3) is 2.61. The number of nitrogens with zero attached hydrogens (tertiary/aromatic N) is 2. The molecular weight excluding hydrogens is 274 g/mol. The number of carbonyl (C=O) groups is 1. The minimum Gasteiger partial charge on any atom is -0.345 e. The molecule has 1 N–H and O–H groups in total. The van der Waals surface area contributed by atoms with Crippen LogP contribution in [0.15, 0.2) is 36.4 Å². The maximum Gasteiger partial charge on any atom is 0.322 e. The van der Waals surface area contributed by atoms with Crippen molar-refractivity contribution in [3.63, 3.8) is 0 Å². The van der Waals surface area contributed by atoms with Gasteiger partial charge in [-0.05, 0) is 44.5 Å². The second kappa shape index (κ2) is 5.87. The van der Waals surface area contributed by atoms with E-state index in [0.29, 0.717) is 0 Å². The van der Waals surface area contributed by atoms with Gasteiger partial charge in [0.05, 0.1) is 6.04 Å². The standard InChI is InChI=1S/C18H23N3O/c1-4-16-17-10-7-14(3)20(17)11-12-21(16)18(22)19-15-8-5-13(2)6-9-15/h5-10,16H,4,11-12H2,1-3H3,(H,19,22)/t16-/m1/s1. The molecule has 0 unspecified atom stereocenters. The smallest absolute Gasteiger partial charge is 0.322 e. The van der Waals surface area contributed by atoms with Crippen molar-refractivity contribution < 1.29 is 4.79 Å². The molecule has 1 aliphatic rings. The van der Waals surface area contributed by atoms with Crippen LogP contribution in [-0.2, 0) is 6.54 Å². The van der Waals surface area contributed by atoms with E-state index in [4.69, 9.17) is 0 Å². The number of anilines is 1. The zero-order chi connectivity index (χ0) is 15.7. The van der Waals surface area contributed by atoms with Crippen molar-refractivity contribution in [1.82, 2.24) is 9.47 Å². The van der Waals surface area contributed by atoms with Crippen LogP contribution in [0.1, 0.15) is 36.3 Å². The first-order valence-corrected chi connectivity index (χ1v) is 7.90. The van der Waals surface area contributed by atoms with E-state index in [0.717, 1.165) is 25.2 Å². The Hall–Kier alpha value is -2.23. The summed E-state index contributed by atoms with van der Waals surface area (Å²) in [4.78, 5) is 14.6. The lowest BCUT2D eigenvalue weighted by atomic mass is 10.1. The van der Waals surface area contributed by atoms with Crippen LogP contribution in [0.4, 0.5) is 10.5 Å². The summed E-state index contributed by atoms with van der Waals surface area (Å²) in [6.45, 7) is 7.91. The van der Waals surface area contributed by atoms with Crippen LogP contribution in [0.3, 0.4) is 0 Å². The van der Waals surface area contributed by atoms with E-state index in [9.17, 15) is 4.79 Å². The summed E-state index contributed by atoms with van der Waals surface area (Å²) in [5, 5.41) is 3.02. The number of rotatable bonds is 2. The van der Waals surface area contributed by atoms with Crippen molar-refractivity contribution in [2.45, 2.75) is 39.8 Å².